The lowest BCUT2D eigenvalue weighted by molar-refractivity contribution is 0.194. The van der Waals surface area contributed by atoms with Crippen molar-refractivity contribution in [2.45, 2.75) is 40.0 Å². The molecule has 29 heavy (non-hydrogen) atoms. The van der Waals surface area contributed by atoms with Crippen molar-refractivity contribution in [2.75, 3.05) is 0 Å². The lowest BCUT2D eigenvalue weighted by atomic mass is 9.70. The fourth-order valence-electron chi connectivity index (χ4n) is 5.73. The van der Waals surface area contributed by atoms with E-state index in [-0.39, 0.29) is 5.41 Å². The van der Waals surface area contributed by atoms with Crippen LogP contribution in [0.2, 0.25) is 0 Å². The minimum atomic E-state index is 0.190. The molecule has 2 bridgehead atoms. The second kappa shape index (κ2) is 6.41. The molecule has 1 aromatic heterocycles. The van der Waals surface area contributed by atoms with Crippen molar-refractivity contribution in [3.63, 3.8) is 0 Å². The number of benzene rings is 2. The Hall–Kier alpha value is -2.68. The summed E-state index contributed by atoms with van der Waals surface area (Å²) in [6, 6.07) is 19.1. The molecular weight excluding hydrogens is 354 g/mol. The van der Waals surface area contributed by atoms with E-state index in [1.54, 1.807) is 0 Å². The molecule has 3 aromatic rings. The number of para-hydroxylation sites is 1. The topological polar surface area (TPSA) is 29.6 Å². The van der Waals surface area contributed by atoms with Crippen molar-refractivity contribution in [3.8, 4) is 11.3 Å². The third kappa shape index (κ3) is 2.56. The average molecular weight is 384 g/mol. The molecule has 2 unspecified atom stereocenters. The summed E-state index contributed by atoms with van der Waals surface area (Å²) in [6.07, 6.45) is 5.64. The summed E-state index contributed by atoms with van der Waals surface area (Å²) in [5.74, 6) is 0.749. The van der Waals surface area contributed by atoms with Crippen LogP contribution in [0.1, 0.15) is 45.6 Å². The highest BCUT2D eigenvalue weighted by atomic mass is 15.2. The summed E-state index contributed by atoms with van der Waals surface area (Å²) >= 11 is 0. The fraction of sp³-hybridized carbons (Fsp3) is 0.385. The Labute approximate surface area is 173 Å². The van der Waals surface area contributed by atoms with E-state index in [2.05, 4.69) is 92.1 Å². The summed E-state index contributed by atoms with van der Waals surface area (Å²) in [6.45, 7) is 7.21. The van der Waals surface area contributed by atoms with Crippen LogP contribution in [0.15, 0.2) is 64.8 Å². The van der Waals surface area contributed by atoms with E-state index >= 15 is 0 Å². The van der Waals surface area contributed by atoms with E-state index in [0.717, 1.165) is 17.9 Å². The maximum absolute atomic E-state index is 4.80. The lowest BCUT2D eigenvalue weighted by Gasteiger charge is -2.34. The molecule has 0 aliphatic heterocycles. The summed E-state index contributed by atoms with van der Waals surface area (Å²) in [4.78, 5) is 0. The largest absolute Gasteiger partial charge is 0.343 e. The van der Waals surface area contributed by atoms with Crippen LogP contribution in [-0.2, 0) is 7.05 Å². The fourth-order valence-corrected chi connectivity index (χ4v) is 5.73. The summed E-state index contributed by atoms with van der Waals surface area (Å²) in [5.41, 5.74) is 6.56. The standard InChI is InChI=1S/C26H29N3/c1-25(2)19-14-15-26(25,3)23(16-19)28-27-17-21-20-12-8-9-13-22(20)29(4)24(21)18-10-6-5-7-11-18/h5-13,17,19H,14-16H2,1-4H3/b27-17+,28-23+. The molecule has 2 saturated carbocycles. The normalized spacial score (nSPS) is 26.9. The molecule has 3 heteroatoms. The summed E-state index contributed by atoms with van der Waals surface area (Å²) < 4.78 is 2.26. The maximum Gasteiger partial charge on any atom is 0.0596 e. The minimum absolute atomic E-state index is 0.190. The molecule has 148 valence electrons. The second-order valence-corrected chi connectivity index (χ2v) is 9.49. The molecular formula is C26H29N3. The SMILES string of the molecule is Cn1c(-c2ccccc2)c(/C=N/N=C2\CC3CCC2(C)C3(C)C)c2ccccc21. The first-order valence-electron chi connectivity index (χ1n) is 10.7. The van der Waals surface area contributed by atoms with Gasteiger partial charge in [0.05, 0.1) is 11.9 Å². The van der Waals surface area contributed by atoms with Crippen molar-refractivity contribution in [3.05, 3.63) is 60.2 Å². The third-order valence-electron chi connectivity index (χ3n) is 8.07. The smallest absolute Gasteiger partial charge is 0.0596 e. The Morgan fingerprint density at radius 3 is 2.41 bits per heavy atom. The van der Waals surface area contributed by atoms with Gasteiger partial charge >= 0.3 is 0 Å². The number of hydrogen-bond donors (Lipinski definition) is 0. The molecule has 0 spiro atoms. The molecule has 0 radical (unpaired) electrons. The molecule has 2 fully saturated rings. The van der Waals surface area contributed by atoms with E-state index in [0.29, 0.717) is 5.41 Å². The second-order valence-electron chi connectivity index (χ2n) is 9.49. The van der Waals surface area contributed by atoms with Crippen LogP contribution in [0.3, 0.4) is 0 Å². The van der Waals surface area contributed by atoms with Crippen LogP contribution in [0, 0.1) is 16.7 Å². The van der Waals surface area contributed by atoms with Crippen LogP contribution in [0.4, 0.5) is 0 Å². The zero-order valence-electron chi connectivity index (χ0n) is 17.8. The maximum atomic E-state index is 4.80. The van der Waals surface area contributed by atoms with Gasteiger partial charge in [0, 0.05) is 34.6 Å². The highest BCUT2D eigenvalue weighted by molar-refractivity contribution is 6.06. The van der Waals surface area contributed by atoms with Crippen molar-refractivity contribution < 1.29 is 0 Å². The van der Waals surface area contributed by atoms with Gasteiger partial charge in [0.25, 0.3) is 0 Å². The van der Waals surface area contributed by atoms with Gasteiger partial charge in [-0.3, -0.25) is 0 Å². The molecule has 5 rings (SSSR count). The molecule has 2 aliphatic rings. The lowest BCUT2D eigenvalue weighted by Crippen LogP contribution is -2.32. The Morgan fingerprint density at radius 1 is 1.00 bits per heavy atom. The van der Waals surface area contributed by atoms with E-state index in [9.17, 15) is 0 Å². The average Bonchev–Trinajstić information content (AvgIpc) is 3.21. The van der Waals surface area contributed by atoms with Gasteiger partial charge in [0.1, 0.15) is 0 Å². The van der Waals surface area contributed by atoms with Crippen molar-refractivity contribution in [1.82, 2.24) is 4.57 Å². The van der Waals surface area contributed by atoms with E-state index < -0.39 is 0 Å². The highest BCUT2D eigenvalue weighted by Crippen LogP contribution is 2.64. The molecule has 0 saturated heterocycles. The predicted molar refractivity (Wildman–Crippen MR) is 123 cm³/mol. The first-order valence-corrected chi connectivity index (χ1v) is 10.7. The quantitative estimate of drug-likeness (QED) is 0.367. The summed E-state index contributed by atoms with van der Waals surface area (Å²) in [5, 5.41) is 10.7. The Morgan fingerprint density at radius 2 is 1.72 bits per heavy atom. The summed E-state index contributed by atoms with van der Waals surface area (Å²) in [7, 11) is 2.13. The molecule has 2 aliphatic carbocycles. The van der Waals surface area contributed by atoms with Crippen LogP contribution >= 0.6 is 0 Å². The van der Waals surface area contributed by atoms with Gasteiger partial charge in [-0.25, -0.2) is 0 Å². The zero-order chi connectivity index (χ0) is 20.2. The molecule has 2 aromatic carbocycles. The molecule has 2 atom stereocenters. The third-order valence-corrected chi connectivity index (χ3v) is 8.07. The number of nitrogens with zero attached hydrogens (tertiary/aromatic N) is 3. The van der Waals surface area contributed by atoms with E-state index in [1.165, 1.54) is 40.7 Å². The molecule has 1 heterocycles. The first kappa shape index (κ1) is 18.4. The molecule has 0 N–H and O–H groups in total. The van der Waals surface area contributed by atoms with E-state index in [1.807, 2.05) is 6.21 Å². The first-order chi connectivity index (χ1) is 13.9. The minimum Gasteiger partial charge on any atom is -0.343 e. The van der Waals surface area contributed by atoms with Gasteiger partial charge in [-0.15, -0.1) is 0 Å². The molecule has 0 amide bonds. The highest BCUT2D eigenvalue weighted by Gasteiger charge is 2.59. The zero-order valence-corrected chi connectivity index (χ0v) is 17.8. The number of aryl methyl sites for hydroxylation is 1. The van der Waals surface area contributed by atoms with Crippen molar-refractivity contribution in [1.29, 1.82) is 0 Å². The van der Waals surface area contributed by atoms with Crippen molar-refractivity contribution >= 4 is 22.8 Å². The van der Waals surface area contributed by atoms with Gasteiger partial charge in [-0.1, -0.05) is 69.3 Å². The monoisotopic (exact) mass is 383 g/mol. The number of rotatable bonds is 3. The van der Waals surface area contributed by atoms with Crippen LogP contribution in [-0.4, -0.2) is 16.5 Å². The van der Waals surface area contributed by atoms with Gasteiger partial charge in [-0.05, 0) is 42.2 Å². The van der Waals surface area contributed by atoms with E-state index in [4.69, 9.17) is 5.10 Å². The number of hydrogen-bond acceptors (Lipinski definition) is 2. The molecule has 3 nitrogen and oxygen atoms in total. The van der Waals surface area contributed by atoms with Crippen LogP contribution < -0.4 is 0 Å². The Kier molecular flexibility index (Phi) is 4.06. The van der Waals surface area contributed by atoms with Crippen LogP contribution in [0.5, 0.6) is 0 Å². The van der Waals surface area contributed by atoms with Crippen molar-refractivity contribution in [2.24, 2.45) is 34.0 Å². The van der Waals surface area contributed by atoms with Gasteiger partial charge < -0.3 is 4.57 Å². The Bertz CT molecular complexity index is 1130. The van der Waals surface area contributed by atoms with Gasteiger partial charge in [0.15, 0.2) is 0 Å². The van der Waals surface area contributed by atoms with Gasteiger partial charge in [0.2, 0.25) is 0 Å². The Balaban J connectivity index is 1.60. The number of fused-ring (bicyclic) bond motifs is 3. The predicted octanol–water partition coefficient (Wildman–Crippen LogP) is 6.47. The number of aromatic nitrogens is 1. The van der Waals surface area contributed by atoms with Gasteiger partial charge in [-0.2, -0.15) is 10.2 Å². The van der Waals surface area contributed by atoms with Crippen LogP contribution in [0.25, 0.3) is 22.2 Å².